The summed E-state index contributed by atoms with van der Waals surface area (Å²) in [5.41, 5.74) is 0.782. The lowest BCUT2D eigenvalue weighted by atomic mass is 10.4. The molecule has 0 atom stereocenters. The van der Waals surface area contributed by atoms with Gasteiger partial charge in [-0.15, -0.1) is 13.2 Å². The molecule has 0 aliphatic carbocycles. The molecule has 0 aliphatic heterocycles. The van der Waals surface area contributed by atoms with E-state index < -0.39 is 13.0 Å². The van der Waals surface area contributed by atoms with E-state index in [0.717, 1.165) is 5.69 Å². The second kappa shape index (κ2) is 5.13. The molecule has 0 radical (unpaired) electrons. The summed E-state index contributed by atoms with van der Waals surface area (Å²) in [4.78, 5) is 0. The van der Waals surface area contributed by atoms with Crippen LogP contribution in [0.1, 0.15) is 5.69 Å². The molecule has 1 aromatic rings. The molecule has 1 rings (SSSR count). The van der Waals surface area contributed by atoms with Crippen LogP contribution < -0.4 is 5.32 Å². The zero-order valence-electron chi connectivity index (χ0n) is 8.21. The molecule has 1 N–H and O–H groups in total. The molecule has 15 heavy (non-hydrogen) atoms. The Balaban J connectivity index is 2.07. The summed E-state index contributed by atoms with van der Waals surface area (Å²) in [6, 6.07) is 1.79. The van der Waals surface area contributed by atoms with Gasteiger partial charge < -0.3 is 5.32 Å². The molecule has 1 aromatic heterocycles. The van der Waals surface area contributed by atoms with E-state index in [1.54, 1.807) is 24.0 Å². The predicted octanol–water partition coefficient (Wildman–Crippen LogP) is 1.05. The van der Waals surface area contributed by atoms with Crippen LogP contribution in [0.3, 0.4) is 0 Å². The van der Waals surface area contributed by atoms with Crippen molar-refractivity contribution in [3.8, 4) is 0 Å². The molecule has 0 fully saturated rings. The second-order valence-corrected chi connectivity index (χ2v) is 2.95. The quantitative estimate of drug-likeness (QED) is 0.758. The number of hydrogen-bond donors (Lipinski definition) is 1. The van der Waals surface area contributed by atoms with Crippen molar-refractivity contribution in [3.63, 3.8) is 0 Å². The Morgan fingerprint density at radius 1 is 1.53 bits per heavy atom. The first kappa shape index (κ1) is 12.0. The van der Waals surface area contributed by atoms with Gasteiger partial charge in [0.1, 0.15) is 0 Å². The van der Waals surface area contributed by atoms with Crippen LogP contribution in [0.4, 0.5) is 13.2 Å². The van der Waals surface area contributed by atoms with Gasteiger partial charge >= 0.3 is 6.36 Å². The summed E-state index contributed by atoms with van der Waals surface area (Å²) in [5.74, 6) is 0. The van der Waals surface area contributed by atoms with E-state index in [2.05, 4.69) is 15.2 Å². The topological polar surface area (TPSA) is 39.1 Å². The van der Waals surface area contributed by atoms with Gasteiger partial charge in [-0.25, -0.2) is 0 Å². The summed E-state index contributed by atoms with van der Waals surface area (Å²) < 4.78 is 39.8. The molecule has 86 valence electrons. The molecule has 0 spiro atoms. The summed E-state index contributed by atoms with van der Waals surface area (Å²) in [6.45, 7) is 0.175. The van der Waals surface area contributed by atoms with Crippen molar-refractivity contribution in [2.24, 2.45) is 7.05 Å². The van der Waals surface area contributed by atoms with Crippen LogP contribution >= 0.6 is 0 Å². The zero-order chi connectivity index (χ0) is 11.3. The third kappa shape index (κ3) is 5.38. The van der Waals surface area contributed by atoms with Gasteiger partial charge in [0, 0.05) is 26.3 Å². The van der Waals surface area contributed by atoms with Crippen LogP contribution in [0.2, 0.25) is 0 Å². The maximum absolute atomic E-state index is 11.5. The predicted molar refractivity (Wildman–Crippen MR) is 46.9 cm³/mol. The monoisotopic (exact) mass is 223 g/mol. The lowest BCUT2D eigenvalue weighted by Crippen LogP contribution is -2.24. The molecule has 0 saturated carbocycles. The summed E-state index contributed by atoms with van der Waals surface area (Å²) in [5, 5.41) is 6.83. The van der Waals surface area contributed by atoms with E-state index in [1.165, 1.54) is 0 Å². The summed E-state index contributed by atoms with van der Waals surface area (Å²) in [7, 11) is 1.77. The molecule has 0 unspecified atom stereocenters. The number of nitrogens with zero attached hydrogens (tertiary/aromatic N) is 2. The van der Waals surface area contributed by atoms with Crippen molar-refractivity contribution < 1.29 is 17.9 Å². The normalized spacial score (nSPS) is 12.0. The number of aromatic nitrogens is 2. The van der Waals surface area contributed by atoms with Gasteiger partial charge in [0.25, 0.3) is 0 Å². The number of nitrogens with one attached hydrogen (secondary N) is 1. The minimum Gasteiger partial charge on any atom is -0.309 e. The molecule has 0 amide bonds. The van der Waals surface area contributed by atoms with Crippen molar-refractivity contribution in [3.05, 3.63) is 18.0 Å². The molecule has 0 bridgehead atoms. The van der Waals surface area contributed by atoms with Crippen molar-refractivity contribution in [1.82, 2.24) is 15.1 Å². The standard InChI is InChI=1S/C8H12F3N3O/c1-14-4-2-7(13-14)6-12-3-5-15-8(9,10)11/h2,4,12H,3,5-6H2,1H3. The fourth-order valence-electron chi connectivity index (χ4n) is 1.01. The largest absolute Gasteiger partial charge is 0.522 e. The summed E-state index contributed by atoms with van der Waals surface area (Å²) in [6.07, 6.45) is -2.78. The van der Waals surface area contributed by atoms with Gasteiger partial charge in [-0.2, -0.15) is 5.10 Å². The smallest absolute Gasteiger partial charge is 0.309 e. The van der Waals surface area contributed by atoms with Crippen LogP contribution in [0, 0.1) is 0 Å². The van der Waals surface area contributed by atoms with Crippen molar-refractivity contribution in [2.75, 3.05) is 13.2 Å². The molecule has 7 heteroatoms. The van der Waals surface area contributed by atoms with Gasteiger partial charge in [0.05, 0.1) is 12.3 Å². The highest BCUT2D eigenvalue weighted by Gasteiger charge is 2.28. The second-order valence-electron chi connectivity index (χ2n) is 2.95. The Morgan fingerprint density at radius 2 is 2.27 bits per heavy atom. The van der Waals surface area contributed by atoms with Gasteiger partial charge in [-0.05, 0) is 6.07 Å². The Hall–Kier alpha value is -1.08. The first-order chi connectivity index (χ1) is 6.97. The minimum atomic E-state index is -4.55. The average molecular weight is 223 g/mol. The van der Waals surface area contributed by atoms with E-state index in [9.17, 15) is 13.2 Å². The Labute approximate surface area is 85.0 Å². The molecule has 1 heterocycles. The maximum Gasteiger partial charge on any atom is 0.522 e. The first-order valence-electron chi connectivity index (χ1n) is 4.37. The fourth-order valence-corrected chi connectivity index (χ4v) is 1.01. The maximum atomic E-state index is 11.5. The van der Waals surface area contributed by atoms with E-state index in [-0.39, 0.29) is 6.54 Å². The molecule has 4 nitrogen and oxygen atoms in total. The zero-order valence-corrected chi connectivity index (χ0v) is 8.21. The molecule has 0 saturated heterocycles. The van der Waals surface area contributed by atoms with E-state index in [0.29, 0.717) is 6.54 Å². The number of alkyl halides is 3. The fraction of sp³-hybridized carbons (Fsp3) is 0.625. The first-order valence-corrected chi connectivity index (χ1v) is 4.37. The number of halogens is 3. The highest BCUT2D eigenvalue weighted by atomic mass is 19.4. The molecular formula is C8H12F3N3O. The van der Waals surface area contributed by atoms with Gasteiger partial charge in [0.15, 0.2) is 0 Å². The molecule has 0 aliphatic rings. The average Bonchev–Trinajstić information content (AvgIpc) is 2.49. The Kier molecular flexibility index (Phi) is 4.10. The highest BCUT2D eigenvalue weighted by molar-refractivity contribution is 4.97. The van der Waals surface area contributed by atoms with Crippen molar-refractivity contribution in [1.29, 1.82) is 0 Å². The third-order valence-electron chi connectivity index (χ3n) is 1.62. The SMILES string of the molecule is Cn1ccc(CNCCOC(F)(F)F)n1. The number of aryl methyl sites for hydroxylation is 1. The third-order valence-corrected chi connectivity index (χ3v) is 1.62. The summed E-state index contributed by atoms with van der Waals surface area (Å²) >= 11 is 0. The minimum absolute atomic E-state index is 0.135. The van der Waals surface area contributed by atoms with Crippen LogP contribution in [0.5, 0.6) is 0 Å². The lowest BCUT2D eigenvalue weighted by Gasteiger charge is -2.07. The van der Waals surface area contributed by atoms with Gasteiger partial charge in [-0.1, -0.05) is 0 Å². The van der Waals surface area contributed by atoms with Crippen LogP contribution in [-0.4, -0.2) is 29.3 Å². The number of ether oxygens (including phenoxy) is 1. The number of hydrogen-bond acceptors (Lipinski definition) is 3. The van der Waals surface area contributed by atoms with E-state index in [1.807, 2.05) is 0 Å². The van der Waals surface area contributed by atoms with Crippen LogP contribution in [-0.2, 0) is 18.3 Å². The highest BCUT2D eigenvalue weighted by Crippen LogP contribution is 2.15. The van der Waals surface area contributed by atoms with Crippen LogP contribution in [0.25, 0.3) is 0 Å². The van der Waals surface area contributed by atoms with Gasteiger partial charge in [-0.3, -0.25) is 9.42 Å². The van der Waals surface area contributed by atoms with E-state index >= 15 is 0 Å². The van der Waals surface area contributed by atoms with Crippen molar-refractivity contribution in [2.45, 2.75) is 12.9 Å². The van der Waals surface area contributed by atoms with Crippen LogP contribution in [0.15, 0.2) is 12.3 Å². The Morgan fingerprint density at radius 3 is 2.80 bits per heavy atom. The number of rotatable bonds is 5. The lowest BCUT2D eigenvalue weighted by molar-refractivity contribution is -0.323. The van der Waals surface area contributed by atoms with E-state index in [4.69, 9.17) is 0 Å². The van der Waals surface area contributed by atoms with Gasteiger partial charge in [0.2, 0.25) is 0 Å². The molecular weight excluding hydrogens is 211 g/mol. The Bertz CT molecular complexity index is 298. The molecule has 0 aromatic carbocycles. The van der Waals surface area contributed by atoms with Crippen molar-refractivity contribution >= 4 is 0 Å².